The van der Waals surface area contributed by atoms with Crippen LogP contribution in [-0.2, 0) is 0 Å². The third-order valence-electron chi connectivity index (χ3n) is 3.08. The zero-order valence-electron chi connectivity index (χ0n) is 12.5. The third kappa shape index (κ3) is 6.08. The van der Waals surface area contributed by atoms with Crippen LogP contribution in [0.4, 0.5) is 4.79 Å². The minimum Gasteiger partial charge on any atom is -0.333 e. The second-order valence-corrected chi connectivity index (χ2v) is 7.23. The van der Waals surface area contributed by atoms with Crippen LogP contribution in [0.15, 0.2) is 11.8 Å². The van der Waals surface area contributed by atoms with Gasteiger partial charge in [-0.2, -0.15) is 0 Å². The van der Waals surface area contributed by atoms with Crippen molar-refractivity contribution in [3.05, 3.63) is 11.8 Å². The summed E-state index contributed by atoms with van der Waals surface area (Å²) in [6.45, 7) is 10.7. The second-order valence-electron chi connectivity index (χ2n) is 7.23. The topological polar surface area (TPSA) is 41.1 Å². The van der Waals surface area contributed by atoms with Gasteiger partial charge >= 0.3 is 6.03 Å². The van der Waals surface area contributed by atoms with Crippen LogP contribution in [0.5, 0.6) is 0 Å². The number of allylic oxidation sites excluding steroid dienone is 1. The maximum Gasteiger partial charge on any atom is 0.319 e. The van der Waals surface area contributed by atoms with Gasteiger partial charge in [0.2, 0.25) is 0 Å². The Morgan fingerprint density at radius 1 is 1.17 bits per heavy atom. The molecule has 2 N–H and O–H groups in total. The van der Waals surface area contributed by atoms with Crippen molar-refractivity contribution in [1.29, 1.82) is 0 Å². The van der Waals surface area contributed by atoms with Gasteiger partial charge in [0, 0.05) is 11.7 Å². The van der Waals surface area contributed by atoms with Crippen LogP contribution in [0.2, 0.25) is 0 Å². The van der Waals surface area contributed by atoms with Crippen LogP contribution in [0.25, 0.3) is 0 Å². The molecule has 0 aromatic rings. The lowest BCUT2D eigenvalue weighted by Crippen LogP contribution is -2.49. The van der Waals surface area contributed by atoms with E-state index in [0.29, 0.717) is 0 Å². The van der Waals surface area contributed by atoms with Crippen molar-refractivity contribution in [3.63, 3.8) is 0 Å². The van der Waals surface area contributed by atoms with E-state index in [1.54, 1.807) is 0 Å². The first-order chi connectivity index (χ1) is 8.18. The number of rotatable bonds is 3. The molecule has 0 spiro atoms. The predicted octanol–water partition coefficient (Wildman–Crippen LogP) is 3.96. The molecule has 3 nitrogen and oxygen atoms in total. The summed E-state index contributed by atoms with van der Waals surface area (Å²) in [6.07, 6.45) is 7.60. The van der Waals surface area contributed by atoms with Crippen molar-refractivity contribution in [3.8, 4) is 0 Å². The molecule has 1 rings (SSSR count). The molecule has 0 heterocycles. The average molecular weight is 252 g/mol. The Hall–Kier alpha value is -0.990. The van der Waals surface area contributed by atoms with E-state index in [0.717, 1.165) is 19.3 Å². The van der Waals surface area contributed by atoms with E-state index in [9.17, 15) is 4.79 Å². The molecule has 2 amide bonds. The number of hydrogen-bond donors (Lipinski definition) is 2. The normalized spacial score (nSPS) is 16.6. The van der Waals surface area contributed by atoms with Gasteiger partial charge in [0.25, 0.3) is 0 Å². The Balaban J connectivity index is 2.41. The molecule has 0 radical (unpaired) electrons. The molecule has 1 aliphatic carbocycles. The number of nitrogens with one attached hydrogen (secondary N) is 2. The van der Waals surface area contributed by atoms with Crippen LogP contribution < -0.4 is 10.6 Å². The van der Waals surface area contributed by atoms with E-state index >= 15 is 0 Å². The molecule has 0 aromatic carbocycles. The lowest BCUT2D eigenvalue weighted by Gasteiger charge is -2.33. The fourth-order valence-corrected chi connectivity index (χ4v) is 2.85. The number of urea groups is 1. The average Bonchev–Trinajstić information content (AvgIpc) is 2.61. The third-order valence-corrected chi connectivity index (χ3v) is 3.08. The van der Waals surface area contributed by atoms with Crippen molar-refractivity contribution in [2.45, 2.75) is 72.3 Å². The molecular formula is C15H28N2O. The van der Waals surface area contributed by atoms with Gasteiger partial charge in [-0.3, -0.25) is 0 Å². The SMILES string of the molecule is CC(C)(C)CC(C)(C)NC(=O)NC=C1CCCC1. The largest absolute Gasteiger partial charge is 0.333 e. The Kier molecular flexibility index (Phi) is 4.83. The summed E-state index contributed by atoms with van der Waals surface area (Å²) in [5.41, 5.74) is 1.38. The molecule has 0 unspecified atom stereocenters. The fourth-order valence-electron chi connectivity index (χ4n) is 2.85. The Labute approximate surface area is 111 Å². The fraction of sp³-hybridized carbons (Fsp3) is 0.800. The van der Waals surface area contributed by atoms with Gasteiger partial charge in [0.15, 0.2) is 0 Å². The zero-order chi connectivity index (χ0) is 13.8. The van der Waals surface area contributed by atoms with Gasteiger partial charge in [0.1, 0.15) is 0 Å². The van der Waals surface area contributed by atoms with E-state index < -0.39 is 0 Å². The summed E-state index contributed by atoms with van der Waals surface area (Å²) in [5, 5.41) is 5.90. The minimum atomic E-state index is -0.184. The molecule has 0 saturated heterocycles. The van der Waals surface area contributed by atoms with Gasteiger partial charge in [-0.15, -0.1) is 0 Å². The summed E-state index contributed by atoms with van der Waals surface area (Å²) in [5.74, 6) is 0. The molecule has 104 valence electrons. The summed E-state index contributed by atoms with van der Waals surface area (Å²) < 4.78 is 0. The monoisotopic (exact) mass is 252 g/mol. The van der Waals surface area contributed by atoms with Crippen molar-refractivity contribution in [2.24, 2.45) is 5.41 Å². The smallest absolute Gasteiger partial charge is 0.319 e. The summed E-state index contributed by atoms with van der Waals surface area (Å²) in [7, 11) is 0. The molecule has 1 aliphatic rings. The highest BCUT2D eigenvalue weighted by molar-refractivity contribution is 5.75. The first-order valence-corrected chi connectivity index (χ1v) is 6.95. The number of carbonyl (C=O) groups is 1. The summed E-state index contributed by atoms with van der Waals surface area (Å²) in [4.78, 5) is 11.8. The van der Waals surface area contributed by atoms with E-state index in [1.165, 1.54) is 18.4 Å². The molecule has 1 saturated carbocycles. The maximum atomic E-state index is 11.8. The van der Waals surface area contributed by atoms with Gasteiger partial charge in [-0.25, -0.2) is 4.79 Å². The molecule has 0 atom stereocenters. The van der Waals surface area contributed by atoms with Crippen molar-refractivity contribution in [1.82, 2.24) is 10.6 Å². The molecule has 0 aromatic heterocycles. The van der Waals surface area contributed by atoms with E-state index in [-0.39, 0.29) is 17.0 Å². The standard InChI is InChI=1S/C15H28N2O/c1-14(2,3)11-15(4,5)17-13(18)16-10-12-8-6-7-9-12/h10H,6-9,11H2,1-5H3,(H2,16,17,18). The first-order valence-electron chi connectivity index (χ1n) is 6.95. The number of carbonyl (C=O) groups excluding carboxylic acids is 1. The summed E-state index contributed by atoms with van der Waals surface area (Å²) >= 11 is 0. The highest BCUT2D eigenvalue weighted by Crippen LogP contribution is 2.26. The number of amides is 2. The molecule has 1 fully saturated rings. The van der Waals surface area contributed by atoms with Gasteiger partial charge < -0.3 is 10.6 Å². The van der Waals surface area contributed by atoms with Crippen LogP contribution in [0.3, 0.4) is 0 Å². The second kappa shape index (κ2) is 5.77. The molecule has 0 aliphatic heterocycles. The minimum absolute atomic E-state index is 0.0938. The van der Waals surface area contributed by atoms with Crippen LogP contribution in [-0.4, -0.2) is 11.6 Å². The van der Waals surface area contributed by atoms with Crippen LogP contribution >= 0.6 is 0 Å². The quantitative estimate of drug-likeness (QED) is 0.784. The molecule has 0 bridgehead atoms. The first kappa shape index (κ1) is 15.1. The zero-order valence-corrected chi connectivity index (χ0v) is 12.5. The maximum absolute atomic E-state index is 11.8. The van der Waals surface area contributed by atoms with Crippen LogP contribution in [0, 0.1) is 5.41 Å². The van der Waals surface area contributed by atoms with E-state index in [4.69, 9.17) is 0 Å². The highest BCUT2D eigenvalue weighted by atomic mass is 16.2. The van der Waals surface area contributed by atoms with Gasteiger partial charge in [-0.1, -0.05) is 26.3 Å². The van der Waals surface area contributed by atoms with Gasteiger partial charge in [-0.05, 0) is 51.4 Å². The van der Waals surface area contributed by atoms with E-state index in [1.807, 2.05) is 6.20 Å². The van der Waals surface area contributed by atoms with E-state index in [2.05, 4.69) is 45.3 Å². The van der Waals surface area contributed by atoms with Gasteiger partial charge in [0.05, 0.1) is 0 Å². The Morgan fingerprint density at radius 2 is 1.72 bits per heavy atom. The lowest BCUT2D eigenvalue weighted by molar-refractivity contribution is 0.213. The number of hydrogen-bond acceptors (Lipinski definition) is 1. The van der Waals surface area contributed by atoms with Crippen LogP contribution in [0.1, 0.15) is 66.7 Å². The Bertz CT molecular complexity index is 316. The molecule has 18 heavy (non-hydrogen) atoms. The lowest BCUT2D eigenvalue weighted by atomic mass is 9.82. The van der Waals surface area contributed by atoms with Crippen molar-refractivity contribution < 1.29 is 4.79 Å². The molecule has 3 heteroatoms. The highest BCUT2D eigenvalue weighted by Gasteiger charge is 2.26. The predicted molar refractivity (Wildman–Crippen MR) is 76.4 cm³/mol. The van der Waals surface area contributed by atoms with Crippen molar-refractivity contribution in [2.75, 3.05) is 0 Å². The summed E-state index contributed by atoms with van der Waals surface area (Å²) in [6, 6.07) is -0.0938. The Morgan fingerprint density at radius 3 is 2.22 bits per heavy atom. The molecular weight excluding hydrogens is 224 g/mol. The van der Waals surface area contributed by atoms with Crippen molar-refractivity contribution >= 4 is 6.03 Å².